The van der Waals surface area contributed by atoms with E-state index >= 15 is 0 Å². The molecule has 1 aromatic carbocycles. The normalized spacial score (nSPS) is 18.9. The Morgan fingerprint density at radius 3 is 2.39 bits per heavy atom. The van der Waals surface area contributed by atoms with Crippen molar-refractivity contribution in [2.24, 2.45) is 5.92 Å². The summed E-state index contributed by atoms with van der Waals surface area (Å²) >= 11 is 0. The van der Waals surface area contributed by atoms with Crippen molar-refractivity contribution in [1.82, 2.24) is 15.1 Å². The molecular formula is C17H27ClN4O. The lowest BCUT2D eigenvalue weighted by molar-refractivity contribution is -0.135. The van der Waals surface area contributed by atoms with Crippen molar-refractivity contribution in [3.05, 3.63) is 30.3 Å². The lowest BCUT2D eigenvalue weighted by atomic mass is 10.0. The monoisotopic (exact) mass is 338 g/mol. The van der Waals surface area contributed by atoms with Crippen LogP contribution in [0, 0.1) is 5.92 Å². The Labute approximate surface area is 145 Å². The SMILES string of the molecule is CN(CCN1CCN(c2ccccc2)CC1)C(=O)C1CNC1.Cl. The van der Waals surface area contributed by atoms with Gasteiger partial charge in [-0.05, 0) is 12.1 Å². The Balaban J connectivity index is 0.00000192. The average Bonchev–Trinajstić information content (AvgIpc) is 2.52. The molecule has 2 saturated heterocycles. The van der Waals surface area contributed by atoms with Crippen molar-refractivity contribution in [1.29, 1.82) is 0 Å². The molecule has 23 heavy (non-hydrogen) atoms. The number of carbonyl (C=O) groups is 1. The molecule has 3 rings (SSSR count). The standard InChI is InChI=1S/C17H26N4O.ClH/c1-19(17(22)15-13-18-14-15)7-8-20-9-11-21(12-10-20)16-5-3-2-4-6-16;/h2-6,15,18H,7-14H2,1H3;1H. The van der Waals surface area contributed by atoms with Gasteiger partial charge in [0.1, 0.15) is 0 Å². The summed E-state index contributed by atoms with van der Waals surface area (Å²) in [6.45, 7) is 7.77. The second-order valence-electron chi connectivity index (χ2n) is 6.28. The van der Waals surface area contributed by atoms with Crippen LogP contribution in [0.1, 0.15) is 0 Å². The smallest absolute Gasteiger partial charge is 0.228 e. The van der Waals surface area contributed by atoms with E-state index < -0.39 is 0 Å². The maximum atomic E-state index is 12.1. The van der Waals surface area contributed by atoms with Gasteiger partial charge >= 0.3 is 0 Å². The molecule has 6 heteroatoms. The molecular weight excluding hydrogens is 312 g/mol. The number of nitrogens with one attached hydrogen (secondary N) is 1. The largest absolute Gasteiger partial charge is 0.369 e. The molecule has 0 radical (unpaired) electrons. The number of nitrogens with zero attached hydrogens (tertiary/aromatic N) is 3. The van der Waals surface area contributed by atoms with E-state index in [1.807, 2.05) is 11.9 Å². The van der Waals surface area contributed by atoms with E-state index in [2.05, 4.69) is 45.4 Å². The second-order valence-corrected chi connectivity index (χ2v) is 6.28. The Hall–Kier alpha value is -1.30. The number of amides is 1. The molecule has 0 bridgehead atoms. The fourth-order valence-electron chi connectivity index (χ4n) is 3.05. The van der Waals surface area contributed by atoms with E-state index in [0.29, 0.717) is 5.91 Å². The quantitative estimate of drug-likeness (QED) is 0.866. The first kappa shape index (κ1) is 18.0. The summed E-state index contributed by atoms with van der Waals surface area (Å²) in [7, 11) is 1.93. The summed E-state index contributed by atoms with van der Waals surface area (Å²) in [5, 5.41) is 3.16. The van der Waals surface area contributed by atoms with Crippen LogP contribution in [0.4, 0.5) is 5.69 Å². The van der Waals surface area contributed by atoms with Crippen LogP contribution in [-0.4, -0.2) is 75.1 Å². The van der Waals surface area contributed by atoms with Gasteiger partial charge in [0.05, 0.1) is 5.92 Å². The van der Waals surface area contributed by atoms with Gasteiger partial charge in [-0.15, -0.1) is 12.4 Å². The number of halogens is 1. The maximum absolute atomic E-state index is 12.1. The Morgan fingerprint density at radius 2 is 1.83 bits per heavy atom. The second kappa shape index (κ2) is 8.52. The molecule has 2 fully saturated rings. The third-order valence-electron chi connectivity index (χ3n) is 4.75. The first-order valence-electron chi connectivity index (χ1n) is 8.22. The number of carbonyl (C=O) groups excluding carboxylic acids is 1. The van der Waals surface area contributed by atoms with Crippen LogP contribution in [0.2, 0.25) is 0 Å². The Bertz CT molecular complexity index is 487. The topological polar surface area (TPSA) is 38.8 Å². The molecule has 1 N–H and O–H groups in total. The van der Waals surface area contributed by atoms with Crippen LogP contribution in [-0.2, 0) is 4.79 Å². The molecule has 2 aliphatic rings. The van der Waals surface area contributed by atoms with Crippen molar-refractivity contribution in [2.45, 2.75) is 0 Å². The fourth-order valence-corrected chi connectivity index (χ4v) is 3.05. The summed E-state index contributed by atoms with van der Waals surface area (Å²) in [6, 6.07) is 10.6. The van der Waals surface area contributed by atoms with Crippen LogP contribution in [0.5, 0.6) is 0 Å². The third-order valence-corrected chi connectivity index (χ3v) is 4.75. The van der Waals surface area contributed by atoms with Crippen LogP contribution in [0.3, 0.4) is 0 Å². The van der Waals surface area contributed by atoms with Gasteiger partial charge in [-0.25, -0.2) is 0 Å². The molecule has 0 aromatic heterocycles. The fraction of sp³-hybridized carbons (Fsp3) is 0.588. The predicted octanol–water partition coefficient (Wildman–Crippen LogP) is 0.908. The average molecular weight is 339 g/mol. The lowest BCUT2D eigenvalue weighted by Gasteiger charge is -2.37. The number of anilines is 1. The van der Waals surface area contributed by atoms with Gasteiger partial charge in [0.15, 0.2) is 0 Å². The molecule has 1 amide bonds. The van der Waals surface area contributed by atoms with Gasteiger partial charge in [-0.1, -0.05) is 18.2 Å². The number of benzene rings is 1. The molecule has 2 heterocycles. The highest BCUT2D eigenvalue weighted by Crippen LogP contribution is 2.15. The summed E-state index contributed by atoms with van der Waals surface area (Å²) in [6.07, 6.45) is 0. The van der Waals surface area contributed by atoms with E-state index in [4.69, 9.17) is 0 Å². The zero-order valence-electron chi connectivity index (χ0n) is 13.8. The minimum absolute atomic E-state index is 0. The van der Waals surface area contributed by atoms with E-state index in [1.54, 1.807) is 0 Å². The van der Waals surface area contributed by atoms with Crippen molar-refractivity contribution in [3.8, 4) is 0 Å². The minimum atomic E-state index is 0. The molecule has 5 nitrogen and oxygen atoms in total. The summed E-state index contributed by atoms with van der Waals surface area (Å²) < 4.78 is 0. The molecule has 0 saturated carbocycles. The molecule has 0 unspecified atom stereocenters. The van der Waals surface area contributed by atoms with E-state index in [1.165, 1.54) is 5.69 Å². The highest BCUT2D eigenvalue weighted by Gasteiger charge is 2.27. The van der Waals surface area contributed by atoms with Crippen molar-refractivity contribution < 1.29 is 4.79 Å². The number of likely N-dealkylation sites (N-methyl/N-ethyl adjacent to an activating group) is 1. The zero-order valence-corrected chi connectivity index (χ0v) is 14.6. The predicted molar refractivity (Wildman–Crippen MR) is 96.3 cm³/mol. The van der Waals surface area contributed by atoms with Gasteiger partial charge in [0, 0.05) is 65.1 Å². The molecule has 0 atom stereocenters. The first-order valence-corrected chi connectivity index (χ1v) is 8.22. The summed E-state index contributed by atoms with van der Waals surface area (Å²) in [5.74, 6) is 0.501. The van der Waals surface area contributed by atoms with Gasteiger partial charge in [-0.3, -0.25) is 9.69 Å². The van der Waals surface area contributed by atoms with E-state index in [9.17, 15) is 4.79 Å². The molecule has 2 aliphatic heterocycles. The van der Waals surface area contributed by atoms with Crippen molar-refractivity contribution >= 4 is 24.0 Å². The Kier molecular flexibility index (Phi) is 6.69. The van der Waals surface area contributed by atoms with Crippen LogP contribution in [0.15, 0.2) is 30.3 Å². The maximum Gasteiger partial charge on any atom is 0.228 e. The van der Waals surface area contributed by atoms with E-state index in [-0.39, 0.29) is 18.3 Å². The van der Waals surface area contributed by atoms with Crippen LogP contribution in [0.25, 0.3) is 0 Å². The molecule has 0 aliphatic carbocycles. The van der Waals surface area contributed by atoms with Crippen LogP contribution < -0.4 is 10.2 Å². The molecule has 128 valence electrons. The van der Waals surface area contributed by atoms with Gasteiger partial charge < -0.3 is 15.1 Å². The minimum Gasteiger partial charge on any atom is -0.369 e. The number of hydrogen-bond donors (Lipinski definition) is 1. The molecule has 1 aromatic rings. The van der Waals surface area contributed by atoms with Gasteiger partial charge in [0.2, 0.25) is 5.91 Å². The summed E-state index contributed by atoms with van der Waals surface area (Å²) in [5.41, 5.74) is 1.31. The Morgan fingerprint density at radius 1 is 1.17 bits per heavy atom. The zero-order chi connectivity index (χ0) is 15.4. The van der Waals surface area contributed by atoms with E-state index in [0.717, 1.165) is 52.4 Å². The number of para-hydroxylation sites is 1. The number of rotatable bonds is 5. The number of hydrogen-bond acceptors (Lipinski definition) is 4. The lowest BCUT2D eigenvalue weighted by Crippen LogP contribution is -2.53. The highest BCUT2D eigenvalue weighted by atomic mass is 35.5. The highest BCUT2D eigenvalue weighted by molar-refractivity contribution is 5.85. The van der Waals surface area contributed by atoms with Crippen molar-refractivity contribution in [2.75, 3.05) is 64.3 Å². The first-order chi connectivity index (χ1) is 10.7. The van der Waals surface area contributed by atoms with Gasteiger partial charge in [0.25, 0.3) is 0 Å². The number of piperazine rings is 1. The van der Waals surface area contributed by atoms with Crippen LogP contribution >= 0.6 is 12.4 Å². The van der Waals surface area contributed by atoms with Gasteiger partial charge in [-0.2, -0.15) is 0 Å². The molecule has 0 spiro atoms. The summed E-state index contributed by atoms with van der Waals surface area (Å²) in [4.78, 5) is 18.9. The third kappa shape index (κ3) is 4.59. The van der Waals surface area contributed by atoms with Crippen molar-refractivity contribution in [3.63, 3.8) is 0 Å².